The fourth-order valence-electron chi connectivity index (χ4n) is 1.83. The fourth-order valence-corrected chi connectivity index (χ4v) is 1.83. The Morgan fingerprint density at radius 2 is 1.85 bits per heavy atom. The Morgan fingerprint density at radius 3 is 2.45 bits per heavy atom. The van der Waals surface area contributed by atoms with E-state index in [-0.39, 0.29) is 6.79 Å². The number of ether oxygens (including phenoxy) is 2. The number of nitrogens with zero attached hydrogens (tertiary/aromatic N) is 1. The summed E-state index contributed by atoms with van der Waals surface area (Å²) in [4.78, 5) is 2.37. The van der Waals surface area contributed by atoms with Crippen LogP contribution in [0.15, 0.2) is 43.2 Å². The molecule has 0 unspecified atom stereocenters. The minimum Gasteiger partial charge on any atom is -0.463 e. The first-order chi connectivity index (χ1) is 9.56. The minimum absolute atomic E-state index is 0.147. The third-order valence-corrected chi connectivity index (χ3v) is 3.09. The number of benzene rings is 1. The molecule has 110 valence electrons. The van der Waals surface area contributed by atoms with Gasteiger partial charge in [-0.25, -0.2) is 0 Å². The molecule has 0 aliphatic heterocycles. The first-order valence-electron chi connectivity index (χ1n) is 6.98. The van der Waals surface area contributed by atoms with Gasteiger partial charge in [-0.1, -0.05) is 45.2 Å². The smallest absolute Gasteiger partial charge is 0.230 e. The summed E-state index contributed by atoms with van der Waals surface area (Å²) < 4.78 is 10.6. The topological polar surface area (TPSA) is 21.7 Å². The maximum absolute atomic E-state index is 5.46. The Hall–Kier alpha value is -1.74. The molecule has 3 heteroatoms. The van der Waals surface area contributed by atoms with Crippen molar-refractivity contribution in [3.8, 4) is 0 Å². The molecule has 0 amide bonds. The van der Waals surface area contributed by atoms with Crippen molar-refractivity contribution in [2.75, 3.05) is 19.9 Å². The molecule has 1 rings (SSSR count). The molecule has 0 aromatic heterocycles. The van der Waals surface area contributed by atoms with Crippen LogP contribution < -0.4 is 0 Å². The molecule has 0 atom stereocenters. The van der Waals surface area contributed by atoms with Gasteiger partial charge in [-0.15, -0.1) is 0 Å². The molecule has 0 saturated heterocycles. The molecule has 0 saturated carbocycles. The summed E-state index contributed by atoms with van der Waals surface area (Å²) in [6.45, 7) is 16.9. The van der Waals surface area contributed by atoms with Crippen LogP contribution in [-0.4, -0.2) is 24.8 Å². The molecule has 1 aromatic carbocycles. The minimum atomic E-state index is 0.147. The van der Waals surface area contributed by atoms with E-state index in [2.05, 4.69) is 44.0 Å². The lowest BCUT2D eigenvalue weighted by atomic mass is 10.1. The summed E-state index contributed by atoms with van der Waals surface area (Å²) >= 11 is 0. The van der Waals surface area contributed by atoms with E-state index >= 15 is 0 Å². The van der Waals surface area contributed by atoms with E-state index in [9.17, 15) is 0 Å². The standard InChI is InChI=1S/C17H25NO2/c1-6-18(7-2)12-16-9-8-10-17(11-16)15(5)20-13-19-14(3)4/h8-11H,3,5-7,12-13H2,1-2,4H3. The van der Waals surface area contributed by atoms with Crippen LogP contribution in [0.25, 0.3) is 5.76 Å². The van der Waals surface area contributed by atoms with E-state index in [1.165, 1.54) is 5.56 Å². The molecular weight excluding hydrogens is 250 g/mol. The van der Waals surface area contributed by atoms with E-state index < -0.39 is 0 Å². The van der Waals surface area contributed by atoms with Crippen LogP contribution >= 0.6 is 0 Å². The van der Waals surface area contributed by atoms with Gasteiger partial charge in [0, 0.05) is 12.1 Å². The molecule has 3 nitrogen and oxygen atoms in total. The molecule has 20 heavy (non-hydrogen) atoms. The quantitative estimate of drug-likeness (QED) is 0.502. The van der Waals surface area contributed by atoms with Gasteiger partial charge in [-0.05, 0) is 31.6 Å². The van der Waals surface area contributed by atoms with Crippen LogP contribution in [0.2, 0.25) is 0 Å². The number of hydrogen-bond donors (Lipinski definition) is 0. The van der Waals surface area contributed by atoms with Crippen LogP contribution in [0.3, 0.4) is 0 Å². The molecule has 0 aliphatic rings. The van der Waals surface area contributed by atoms with Gasteiger partial charge < -0.3 is 9.47 Å². The van der Waals surface area contributed by atoms with Gasteiger partial charge in [0.25, 0.3) is 0 Å². The van der Waals surface area contributed by atoms with Gasteiger partial charge in [0.15, 0.2) is 0 Å². The molecular formula is C17H25NO2. The van der Waals surface area contributed by atoms with E-state index in [4.69, 9.17) is 9.47 Å². The summed E-state index contributed by atoms with van der Waals surface area (Å²) in [5, 5.41) is 0. The van der Waals surface area contributed by atoms with Crippen molar-refractivity contribution in [1.29, 1.82) is 0 Å². The summed E-state index contributed by atoms with van der Waals surface area (Å²) in [5.41, 5.74) is 2.25. The van der Waals surface area contributed by atoms with Crippen LogP contribution in [0.5, 0.6) is 0 Å². The number of hydrogen-bond acceptors (Lipinski definition) is 3. The zero-order valence-electron chi connectivity index (χ0n) is 12.8. The molecule has 0 radical (unpaired) electrons. The van der Waals surface area contributed by atoms with Gasteiger partial charge in [-0.3, -0.25) is 4.90 Å². The lowest BCUT2D eigenvalue weighted by molar-refractivity contribution is 0.0429. The largest absolute Gasteiger partial charge is 0.463 e. The maximum Gasteiger partial charge on any atom is 0.230 e. The lowest BCUT2D eigenvalue weighted by Gasteiger charge is -2.18. The second kappa shape index (κ2) is 8.43. The zero-order valence-corrected chi connectivity index (χ0v) is 12.8. The molecule has 0 bridgehead atoms. The van der Waals surface area contributed by atoms with Crippen LogP contribution in [0.1, 0.15) is 31.9 Å². The SMILES string of the molecule is C=C(C)OCOC(=C)c1cccc(CN(CC)CC)c1. The van der Waals surface area contributed by atoms with Crippen LogP contribution in [-0.2, 0) is 16.0 Å². The Morgan fingerprint density at radius 1 is 1.15 bits per heavy atom. The van der Waals surface area contributed by atoms with Crippen molar-refractivity contribution in [3.63, 3.8) is 0 Å². The highest BCUT2D eigenvalue weighted by atomic mass is 16.7. The second-order valence-electron chi connectivity index (χ2n) is 4.69. The number of allylic oxidation sites excluding steroid dienone is 1. The van der Waals surface area contributed by atoms with E-state index in [0.717, 1.165) is 25.2 Å². The summed E-state index contributed by atoms with van der Waals surface area (Å²) in [6, 6.07) is 8.26. The Kier molecular flexibility index (Phi) is 6.88. The van der Waals surface area contributed by atoms with Gasteiger partial charge >= 0.3 is 0 Å². The Balaban J connectivity index is 2.62. The average Bonchev–Trinajstić information content (AvgIpc) is 2.44. The molecule has 0 N–H and O–H groups in total. The van der Waals surface area contributed by atoms with Gasteiger partial charge in [0.2, 0.25) is 6.79 Å². The molecule has 0 spiro atoms. The Labute approximate surface area is 122 Å². The maximum atomic E-state index is 5.46. The normalized spacial score (nSPS) is 10.4. The van der Waals surface area contributed by atoms with Gasteiger partial charge in [0.1, 0.15) is 5.76 Å². The summed E-state index contributed by atoms with van der Waals surface area (Å²) in [7, 11) is 0. The van der Waals surface area contributed by atoms with Crippen molar-refractivity contribution in [3.05, 3.63) is 54.3 Å². The molecule has 0 aliphatic carbocycles. The first-order valence-corrected chi connectivity index (χ1v) is 6.98. The van der Waals surface area contributed by atoms with Crippen molar-refractivity contribution >= 4 is 5.76 Å². The van der Waals surface area contributed by atoms with Crippen molar-refractivity contribution < 1.29 is 9.47 Å². The third-order valence-electron chi connectivity index (χ3n) is 3.09. The van der Waals surface area contributed by atoms with E-state index in [1.54, 1.807) is 6.92 Å². The summed E-state index contributed by atoms with van der Waals surface area (Å²) in [6.07, 6.45) is 0. The monoisotopic (exact) mass is 275 g/mol. The third kappa shape index (κ3) is 5.49. The van der Waals surface area contributed by atoms with Crippen molar-refractivity contribution in [1.82, 2.24) is 4.90 Å². The van der Waals surface area contributed by atoms with Crippen LogP contribution in [0.4, 0.5) is 0 Å². The fraction of sp³-hybridized carbons (Fsp3) is 0.412. The molecule has 1 aromatic rings. The van der Waals surface area contributed by atoms with Gasteiger partial charge in [0.05, 0.1) is 5.76 Å². The number of rotatable bonds is 9. The van der Waals surface area contributed by atoms with E-state index in [0.29, 0.717) is 11.5 Å². The first kappa shape index (κ1) is 16.3. The predicted octanol–water partition coefficient (Wildman–Crippen LogP) is 4.02. The highest BCUT2D eigenvalue weighted by Crippen LogP contribution is 2.17. The summed E-state index contributed by atoms with van der Waals surface area (Å²) in [5.74, 6) is 1.25. The molecule has 0 heterocycles. The lowest BCUT2D eigenvalue weighted by Crippen LogP contribution is -2.22. The van der Waals surface area contributed by atoms with Crippen molar-refractivity contribution in [2.24, 2.45) is 0 Å². The average molecular weight is 275 g/mol. The highest BCUT2D eigenvalue weighted by molar-refractivity contribution is 5.58. The van der Waals surface area contributed by atoms with Crippen molar-refractivity contribution in [2.45, 2.75) is 27.3 Å². The van der Waals surface area contributed by atoms with Gasteiger partial charge in [-0.2, -0.15) is 0 Å². The highest BCUT2D eigenvalue weighted by Gasteiger charge is 2.05. The Bertz CT molecular complexity index is 450. The zero-order chi connectivity index (χ0) is 15.0. The second-order valence-corrected chi connectivity index (χ2v) is 4.69. The molecule has 0 fully saturated rings. The van der Waals surface area contributed by atoms with E-state index in [1.807, 2.05) is 12.1 Å². The van der Waals surface area contributed by atoms with Crippen LogP contribution in [0, 0.1) is 0 Å². The predicted molar refractivity (Wildman–Crippen MR) is 84.0 cm³/mol.